The summed E-state index contributed by atoms with van der Waals surface area (Å²) in [4.78, 5) is 11.7. The Morgan fingerprint density at radius 3 is 2.24 bits per heavy atom. The Kier molecular flexibility index (Phi) is 5.17. The molecule has 1 heterocycles. The second-order valence-corrected chi connectivity index (χ2v) is 3.42. The van der Waals surface area contributed by atoms with Crippen LogP contribution in [0.3, 0.4) is 0 Å². The lowest BCUT2D eigenvalue weighted by molar-refractivity contribution is -0.699. The number of rotatable bonds is 3. The summed E-state index contributed by atoms with van der Waals surface area (Å²) in [7, 11) is 0. The van der Waals surface area contributed by atoms with Crippen molar-refractivity contribution < 1.29 is 21.8 Å². The van der Waals surface area contributed by atoms with Gasteiger partial charge in [-0.2, -0.15) is 4.57 Å². The maximum atomic E-state index is 11.7. The molecule has 0 saturated heterocycles. The SMILES string of the molecule is O=C(NC[n+]1ccccc1)c1ccccc1.[Cl-]. The molecule has 0 saturated carbocycles. The summed E-state index contributed by atoms with van der Waals surface area (Å²) in [5.74, 6) is -0.0584. The molecule has 0 bridgehead atoms. The molecule has 88 valence electrons. The Bertz CT molecular complexity index is 459. The van der Waals surface area contributed by atoms with E-state index in [2.05, 4.69) is 5.32 Å². The van der Waals surface area contributed by atoms with Gasteiger partial charge in [-0.25, -0.2) is 0 Å². The first-order valence-corrected chi connectivity index (χ1v) is 5.13. The van der Waals surface area contributed by atoms with Crippen LogP contribution in [0.2, 0.25) is 0 Å². The van der Waals surface area contributed by atoms with E-state index in [-0.39, 0.29) is 18.3 Å². The van der Waals surface area contributed by atoms with Gasteiger partial charge in [0.05, 0.1) is 0 Å². The monoisotopic (exact) mass is 248 g/mol. The smallest absolute Gasteiger partial charge is 0.256 e. The number of pyridine rings is 1. The molecule has 4 heteroatoms. The molecule has 1 N–H and O–H groups in total. The van der Waals surface area contributed by atoms with E-state index in [9.17, 15) is 4.79 Å². The molecule has 17 heavy (non-hydrogen) atoms. The van der Waals surface area contributed by atoms with Gasteiger partial charge in [0.1, 0.15) is 0 Å². The summed E-state index contributed by atoms with van der Waals surface area (Å²) in [5.41, 5.74) is 0.680. The number of carbonyl (C=O) groups is 1. The molecule has 0 aliphatic rings. The number of amides is 1. The molecule has 1 amide bonds. The zero-order chi connectivity index (χ0) is 11.2. The average Bonchev–Trinajstić information content (AvgIpc) is 2.38. The van der Waals surface area contributed by atoms with E-state index in [4.69, 9.17) is 0 Å². The molecule has 0 aliphatic heterocycles. The van der Waals surface area contributed by atoms with Gasteiger partial charge >= 0.3 is 0 Å². The number of nitrogens with one attached hydrogen (secondary N) is 1. The van der Waals surface area contributed by atoms with Crippen molar-refractivity contribution >= 4 is 5.91 Å². The van der Waals surface area contributed by atoms with Gasteiger partial charge in [-0.15, -0.1) is 0 Å². The Morgan fingerprint density at radius 2 is 1.59 bits per heavy atom. The molecule has 3 nitrogen and oxygen atoms in total. The zero-order valence-corrected chi connectivity index (χ0v) is 9.97. The number of halogens is 1. The number of benzene rings is 1. The van der Waals surface area contributed by atoms with Gasteiger partial charge in [0.2, 0.25) is 6.67 Å². The maximum Gasteiger partial charge on any atom is 0.256 e. The molecule has 2 aromatic rings. The highest BCUT2D eigenvalue weighted by Gasteiger charge is 2.05. The number of nitrogens with zero attached hydrogens (tertiary/aromatic N) is 1. The molecular formula is C13H13ClN2O. The van der Waals surface area contributed by atoms with Crippen LogP contribution in [0, 0.1) is 0 Å². The lowest BCUT2D eigenvalue weighted by Gasteiger charge is -2.01. The number of hydrogen-bond acceptors (Lipinski definition) is 1. The molecule has 0 spiro atoms. The van der Waals surface area contributed by atoms with Crippen LogP contribution in [0.4, 0.5) is 0 Å². The molecule has 0 fully saturated rings. The van der Waals surface area contributed by atoms with Crippen molar-refractivity contribution in [3.63, 3.8) is 0 Å². The lowest BCUT2D eigenvalue weighted by Crippen LogP contribution is -3.00. The molecule has 2 rings (SSSR count). The van der Waals surface area contributed by atoms with Gasteiger partial charge in [-0.05, 0) is 12.1 Å². The number of hydrogen-bond donors (Lipinski definition) is 1. The second kappa shape index (κ2) is 6.66. The average molecular weight is 249 g/mol. The fraction of sp³-hybridized carbons (Fsp3) is 0.0769. The van der Waals surface area contributed by atoms with Gasteiger partial charge < -0.3 is 12.4 Å². The van der Waals surface area contributed by atoms with Crippen LogP contribution in [0.25, 0.3) is 0 Å². The molecule has 1 aromatic heterocycles. The van der Waals surface area contributed by atoms with Crippen molar-refractivity contribution in [2.24, 2.45) is 0 Å². The van der Waals surface area contributed by atoms with Crippen LogP contribution >= 0.6 is 0 Å². The van der Waals surface area contributed by atoms with Crippen molar-refractivity contribution in [1.29, 1.82) is 0 Å². The van der Waals surface area contributed by atoms with Gasteiger partial charge in [-0.1, -0.05) is 24.3 Å². The van der Waals surface area contributed by atoms with E-state index in [0.717, 1.165) is 0 Å². The van der Waals surface area contributed by atoms with Gasteiger partial charge in [0.25, 0.3) is 5.91 Å². The first-order valence-electron chi connectivity index (χ1n) is 5.13. The van der Waals surface area contributed by atoms with Crippen LogP contribution in [0.15, 0.2) is 60.9 Å². The van der Waals surface area contributed by atoms with Crippen LogP contribution in [0.1, 0.15) is 10.4 Å². The predicted molar refractivity (Wildman–Crippen MR) is 60.5 cm³/mol. The Balaban J connectivity index is 0.00000144. The first-order chi connectivity index (χ1) is 7.86. The standard InChI is InChI=1S/C13H12N2O.ClH/c16-13(12-7-3-1-4-8-12)14-11-15-9-5-2-6-10-15;/h1-10H,11H2;1H. The summed E-state index contributed by atoms with van der Waals surface area (Å²) < 4.78 is 1.90. The summed E-state index contributed by atoms with van der Waals surface area (Å²) in [6.07, 6.45) is 3.82. The highest BCUT2D eigenvalue weighted by molar-refractivity contribution is 5.93. The minimum Gasteiger partial charge on any atom is -1.00 e. The summed E-state index contributed by atoms with van der Waals surface area (Å²) >= 11 is 0. The molecule has 0 radical (unpaired) electrons. The van der Waals surface area contributed by atoms with Crippen molar-refractivity contribution in [1.82, 2.24) is 5.32 Å². The summed E-state index contributed by atoms with van der Waals surface area (Å²) in [6, 6.07) is 15.0. The normalized spacial score (nSPS) is 9.18. The number of carbonyl (C=O) groups excluding carboxylic acids is 1. The molecule has 0 aliphatic carbocycles. The fourth-order valence-electron chi connectivity index (χ4n) is 1.39. The van der Waals surface area contributed by atoms with Crippen molar-refractivity contribution in [3.05, 3.63) is 66.5 Å². The third kappa shape index (κ3) is 3.89. The van der Waals surface area contributed by atoms with E-state index in [0.29, 0.717) is 12.2 Å². The van der Waals surface area contributed by atoms with Crippen molar-refractivity contribution in [2.75, 3.05) is 0 Å². The zero-order valence-electron chi connectivity index (χ0n) is 9.21. The Hall–Kier alpha value is -1.87. The van der Waals surface area contributed by atoms with E-state index in [1.165, 1.54) is 0 Å². The molecular weight excluding hydrogens is 236 g/mol. The second-order valence-electron chi connectivity index (χ2n) is 3.42. The highest BCUT2D eigenvalue weighted by Crippen LogP contribution is 1.96. The van der Waals surface area contributed by atoms with Gasteiger partial charge in [-0.3, -0.25) is 10.1 Å². The minimum atomic E-state index is -0.0584. The Labute approximate surface area is 107 Å². The van der Waals surface area contributed by atoms with Crippen LogP contribution < -0.4 is 22.3 Å². The lowest BCUT2D eigenvalue weighted by atomic mass is 10.2. The number of aromatic nitrogens is 1. The maximum absolute atomic E-state index is 11.7. The summed E-state index contributed by atoms with van der Waals surface area (Å²) in [5, 5.41) is 2.84. The third-order valence-electron chi connectivity index (χ3n) is 2.24. The first kappa shape index (κ1) is 13.2. The van der Waals surface area contributed by atoms with E-state index in [1.807, 2.05) is 53.4 Å². The topological polar surface area (TPSA) is 33.0 Å². The quantitative estimate of drug-likeness (QED) is 0.650. The van der Waals surface area contributed by atoms with Crippen molar-refractivity contribution in [3.8, 4) is 0 Å². The van der Waals surface area contributed by atoms with Crippen LogP contribution in [-0.4, -0.2) is 5.91 Å². The molecule has 0 unspecified atom stereocenters. The van der Waals surface area contributed by atoms with E-state index >= 15 is 0 Å². The largest absolute Gasteiger partial charge is 1.00 e. The minimum absolute atomic E-state index is 0. The van der Waals surface area contributed by atoms with Crippen LogP contribution in [0.5, 0.6) is 0 Å². The molecule has 1 aromatic carbocycles. The van der Waals surface area contributed by atoms with E-state index in [1.54, 1.807) is 12.1 Å². The van der Waals surface area contributed by atoms with Crippen LogP contribution in [-0.2, 0) is 6.67 Å². The fourth-order valence-corrected chi connectivity index (χ4v) is 1.39. The van der Waals surface area contributed by atoms with Gasteiger partial charge in [0, 0.05) is 17.7 Å². The Morgan fingerprint density at radius 1 is 1.00 bits per heavy atom. The molecule has 0 atom stereocenters. The third-order valence-corrected chi connectivity index (χ3v) is 2.24. The highest BCUT2D eigenvalue weighted by atomic mass is 35.5. The van der Waals surface area contributed by atoms with Gasteiger partial charge in [0.15, 0.2) is 12.4 Å². The van der Waals surface area contributed by atoms with Crippen molar-refractivity contribution in [2.45, 2.75) is 6.67 Å². The predicted octanol–water partition coefficient (Wildman–Crippen LogP) is -1.63. The van der Waals surface area contributed by atoms with E-state index < -0.39 is 0 Å². The summed E-state index contributed by atoms with van der Waals surface area (Å²) in [6.45, 7) is 0.481.